The van der Waals surface area contributed by atoms with Crippen LogP contribution in [-0.4, -0.2) is 17.9 Å². The molecular weight excluding hydrogens is 340 g/mol. The van der Waals surface area contributed by atoms with Crippen molar-refractivity contribution in [1.82, 2.24) is 10.6 Å². The Labute approximate surface area is 150 Å². The largest absolute Gasteiger partial charge is 0.346 e. The molecule has 0 bridgehead atoms. The van der Waals surface area contributed by atoms with Crippen LogP contribution in [0.25, 0.3) is 0 Å². The highest BCUT2D eigenvalue weighted by Crippen LogP contribution is 2.37. The molecule has 1 saturated carbocycles. The van der Waals surface area contributed by atoms with Crippen molar-refractivity contribution in [1.29, 1.82) is 0 Å². The van der Waals surface area contributed by atoms with E-state index in [4.69, 9.17) is 0 Å². The maximum Gasteiger partial charge on any atom is 0.261 e. The Morgan fingerprint density at radius 3 is 2.42 bits per heavy atom. The van der Waals surface area contributed by atoms with E-state index in [2.05, 4.69) is 16.7 Å². The Morgan fingerprint density at radius 1 is 1.08 bits per heavy atom. The van der Waals surface area contributed by atoms with Crippen LogP contribution >= 0.6 is 22.7 Å². The van der Waals surface area contributed by atoms with Gasteiger partial charge in [-0.3, -0.25) is 9.59 Å². The lowest BCUT2D eigenvalue weighted by molar-refractivity contribution is -0.123. The van der Waals surface area contributed by atoms with Crippen molar-refractivity contribution < 1.29 is 9.59 Å². The summed E-state index contributed by atoms with van der Waals surface area (Å²) in [5.41, 5.74) is 0. The van der Waals surface area contributed by atoms with Crippen LogP contribution in [-0.2, 0) is 4.79 Å². The zero-order chi connectivity index (χ0) is 16.9. The Bertz CT molecular complexity index is 661. The predicted molar refractivity (Wildman–Crippen MR) is 98.4 cm³/mol. The molecule has 1 aliphatic carbocycles. The van der Waals surface area contributed by atoms with Gasteiger partial charge >= 0.3 is 0 Å². The van der Waals surface area contributed by atoms with Crippen molar-refractivity contribution in [2.24, 2.45) is 5.92 Å². The number of hydrogen-bond donors (Lipinski definition) is 2. The van der Waals surface area contributed by atoms with Crippen molar-refractivity contribution in [2.75, 3.05) is 0 Å². The van der Waals surface area contributed by atoms with E-state index in [0.29, 0.717) is 10.8 Å². The first-order valence-electron chi connectivity index (χ1n) is 8.33. The topological polar surface area (TPSA) is 58.2 Å². The molecule has 0 unspecified atom stereocenters. The monoisotopic (exact) mass is 362 g/mol. The highest BCUT2D eigenvalue weighted by molar-refractivity contribution is 7.12. The first-order valence-corrected chi connectivity index (χ1v) is 10.1. The number of nitrogens with one attached hydrogen (secondary N) is 2. The highest BCUT2D eigenvalue weighted by Gasteiger charge is 2.30. The molecule has 128 valence electrons. The maximum absolute atomic E-state index is 12.6. The number of carbonyl (C=O) groups is 2. The standard InChI is InChI=1S/C18H22N2O2S2/c1-12(19-18(22)15-9-5-11-24-15)17(21)20-16(13-6-2-3-7-13)14-8-4-10-23-14/h4-5,8-13,16H,2-3,6-7H2,1H3,(H,19,22)(H,20,21)/t12-,16-/m1/s1. The van der Waals surface area contributed by atoms with Gasteiger partial charge in [-0.1, -0.05) is 25.0 Å². The zero-order valence-corrected chi connectivity index (χ0v) is 15.3. The van der Waals surface area contributed by atoms with E-state index in [1.165, 1.54) is 29.1 Å². The Kier molecular flexibility index (Phi) is 5.68. The van der Waals surface area contributed by atoms with E-state index in [9.17, 15) is 9.59 Å². The third-order valence-electron chi connectivity index (χ3n) is 4.50. The van der Waals surface area contributed by atoms with Gasteiger partial charge in [0.05, 0.1) is 10.9 Å². The lowest BCUT2D eigenvalue weighted by atomic mass is 9.96. The molecular formula is C18H22N2O2S2. The maximum atomic E-state index is 12.6. The summed E-state index contributed by atoms with van der Waals surface area (Å²) < 4.78 is 0. The quantitative estimate of drug-likeness (QED) is 0.817. The summed E-state index contributed by atoms with van der Waals surface area (Å²) in [7, 11) is 0. The van der Waals surface area contributed by atoms with Crippen molar-refractivity contribution in [3.63, 3.8) is 0 Å². The Balaban J connectivity index is 1.63. The van der Waals surface area contributed by atoms with Gasteiger partial charge in [-0.05, 0) is 48.6 Å². The fourth-order valence-electron chi connectivity index (χ4n) is 3.20. The second-order valence-electron chi connectivity index (χ2n) is 6.22. The molecule has 3 rings (SSSR count). The van der Waals surface area contributed by atoms with Crippen molar-refractivity contribution in [3.05, 3.63) is 44.8 Å². The van der Waals surface area contributed by atoms with E-state index in [1.54, 1.807) is 24.3 Å². The van der Waals surface area contributed by atoms with Gasteiger partial charge in [0.25, 0.3) is 5.91 Å². The molecule has 6 heteroatoms. The number of rotatable bonds is 6. The minimum absolute atomic E-state index is 0.0566. The molecule has 1 aliphatic rings. The molecule has 0 aliphatic heterocycles. The van der Waals surface area contributed by atoms with Crippen LogP contribution in [0, 0.1) is 5.92 Å². The number of thiophene rings is 2. The number of carbonyl (C=O) groups excluding carboxylic acids is 2. The van der Waals surface area contributed by atoms with E-state index < -0.39 is 6.04 Å². The Hall–Kier alpha value is -1.66. The molecule has 2 amide bonds. The second kappa shape index (κ2) is 7.94. The van der Waals surface area contributed by atoms with Crippen LogP contribution < -0.4 is 10.6 Å². The predicted octanol–water partition coefficient (Wildman–Crippen LogP) is 3.98. The summed E-state index contributed by atoms with van der Waals surface area (Å²) in [5, 5.41) is 9.86. The average molecular weight is 363 g/mol. The fourth-order valence-corrected chi connectivity index (χ4v) is 4.70. The van der Waals surface area contributed by atoms with Gasteiger partial charge in [-0.2, -0.15) is 0 Å². The second-order valence-corrected chi connectivity index (χ2v) is 8.15. The third kappa shape index (κ3) is 4.05. The summed E-state index contributed by atoms with van der Waals surface area (Å²) in [6.45, 7) is 1.74. The van der Waals surface area contributed by atoms with Gasteiger partial charge in [-0.15, -0.1) is 22.7 Å². The smallest absolute Gasteiger partial charge is 0.261 e. The van der Waals surface area contributed by atoms with Gasteiger partial charge in [0.2, 0.25) is 5.91 Å². The van der Waals surface area contributed by atoms with Crippen LogP contribution in [0.3, 0.4) is 0 Å². The minimum atomic E-state index is -0.552. The normalized spacial score (nSPS) is 17.4. The van der Waals surface area contributed by atoms with E-state index in [0.717, 1.165) is 12.8 Å². The first-order chi connectivity index (χ1) is 11.6. The zero-order valence-electron chi connectivity index (χ0n) is 13.7. The molecule has 2 aromatic rings. The van der Waals surface area contributed by atoms with Gasteiger partial charge < -0.3 is 10.6 Å². The van der Waals surface area contributed by atoms with Crippen molar-refractivity contribution in [3.8, 4) is 0 Å². The van der Waals surface area contributed by atoms with E-state index in [1.807, 2.05) is 22.9 Å². The summed E-state index contributed by atoms with van der Waals surface area (Å²) >= 11 is 3.06. The molecule has 0 saturated heterocycles. The lowest BCUT2D eigenvalue weighted by Crippen LogP contribution is -2.46. The SMILES string of the molecule is C[C@@H](NC(=O)c1cccs1)C(=O)N[C@@H](c1cccs1)C1CCCC1. The first kappa shape index (κ1) is 17.2. The fraction of sp³-hybridized carbons (Fsp3) is 0.444. The Morgan fingerprint density at radius 2 is 1.79 bits per heavy atom. The van der Waals surface area contributed by atoms with Crippen LogP contribution in [0.5, 0.6) is 0 Å². The third-order valence-corrected chi connectivity index (χ3v) is 6.33. The molecule has 2 heterocycles. The summed E-state index contributed by atoms with van der Waals surface area (Å²) in [4.78, 5) is 26.5. The molecule has 2 N–H and O–H groups in total. The van der Waals surface area contributed by atoms with Crippen molar-refractivity contribution in [2.45, 2.75) is 44.7 Å². The van der Waals surface area contributed by atoms with Crippen LogP contribution in [0.15, 0.2) is 35.0 Å². The highest BCUT2D eigenvalue weighted by atomic mass is 32.1. The number of amides is 2. The summed E-state index contributed by atoms with van der Waals surface area (Å²) in [6, 6.07) is 7.21. The minimum Gasteiger partial charge on any atom is -0.346 e. The van der Waals surface area contributed by atoms with E-state index >= 15 is 0 Å². The molecule has 2 aromatic heterocycles. The molecule has 4 nitrogen and oxygen atoms in total. The molecule has 2 atom stereocenters. The molecule has 0 aromatic carbocycles. The van der Waals surface area contributed by atoms with Crippen LogP contribution in [0.2, 0.25) is 0 Å². The molecule has 0 spiro atoms. The van der Waals surface area contributed by atoms with Gasteiger partial charge in [0, 0.05) is 4.88 Å². The van der Waals surface area contributed by atoms with Crippen molar-refractivity contribution >= 4 is 34.5 Å². The lowest BCUT2D eigenvalue weighted by Gasteiger charge is -2.25. The number of hydrogen-bond acceptors (Lipinski definition) is 4. The summed E-state index contributed by atoms with van der Waals surface area (Å²) in [6.07, 6.45) is 4.76. The molecule has 24 heavy (non-hydrogen) atoms. The van der Waals surface area contributed by atoms with Crippen LogP contribution in [0.4, 0.5) is 0 Å². The summed E-state index contributed by atoms with van der Waals surface area (Å²) in [5.74, 6) is 0.180. The van der Waals surface area contributed by atoms with Crippen LogP contribution in [0.1, 0.15) is 53.2 Å². The van der Waals surface area contributed by atoms with Gasteiger partial charge in [0.15, 0.2) is 0 Å². The molecule has 1 fully saturated rings. The average Bonchev–Trinajstić information content (AvgIpc) is 3.35. The van der Waals surface area contributed by atoms with Gasteiger partial charge in [0.1, 0.15) is 6.04 Å². The molecule has 0 radical (unpaired) electrons. The van der Waals surface area contributed by atoms with Gasteiger partial charge in [-0.25, -0.2) is 0 Å². The van der Waals surface area contributed by atoms with E-state index in [-0.39, 0.29) is 17.9 Å².